The van der Waals surface area contributed by atoms with Crippen molar-refractivity contribution in [1.82, 2.24) is 14.9 Å². The summed E-state index contributed by atoms with van der Waals surface area (Å²) in [5.74, 6) is 1.15. The number of nitrogens with zero attached hydrogens (tertiary/aromatic N) is 2. The molecule has 2 aromatic carbocycles. The van der Waals surface area contributed by atoms with Gasteiger partial charge in [-0.2, -0.15) is 4.98 Å². The number of anilines is 1. The number of carbonyl (C=O) groups is 1. The van der Waals surface area contributed by atoms with Gasteiger partial charge in [0.15, 0.2) is 12.4 Å². The van der Waals surface area contributed by atoms with E-state index < -0.39 is 15.9 Å². The molecule has 35 heavy (non-hydrogen) atoms. The number of sulfonamides is 1. The minimum absolute atomic E-state index is 0.0169. The lowest BCUT2D eigenvalue weighted by Crippen LogP contribution is -2.27. The summed E-state index contributed by atoms with van der Waals surface area (Å²) in [5.41, 5.74) is 1.56. The van der Waals surface area contributed by atoms with Crippen molar-refractivity contribution in [2.45, 2.75) is 31.1 Å². The molecule has 0 spiro atoms. The quantitative estimate of drug-likeness (QED) is 0.346. The highest BCUT2D eigenvalue weighted by Crippen LogP contribution is 2.27. The van der Waals surface area contributed by atoms with E-state index in [1.165, 1.54) is 25.3 Å². The van der Waals surface area contributed by atoms with Crippen molar-refractivity contribution >= 4 is 33.2 Å². The fourth-order valence-electron chi connectivity index (χ4n) is 2.93. The standard InChI is InChI=1S/C23H27ClN4O6S/c1-15(2)23-27-21(28-34-23)12-16-4-6-17(7-5-16)26-22(29)14-33-20-9-8-18(13-19(20)24)35(30,31)25-10-11-32-3/h4-9,13,15,25H,10-12,14H2,1-3H3,(H,26,29). The first-order valence-electron chi connectivity index (χ1n) is 10.8. The number of halogens is 1. The van der Waals surface area contributed by atoms with Gasteiger partial charge in [-0.15, -0.1) is 0 Å². The molecular weight excluding hydrogens is 496 g/mol. The van der Waals surface area contributed by atoms with Crippen molar-refractivity contribution < 1.29 is 27.2 Å². The molecule has 0 fully saturated rings. The Balaban J connectivity index is 1.51. The molecular formula is C23H27ClN4O6S. The van der Waals surface area contributed by atoms with Crippen molar-refractivity contribution in [3.63, 3.8) is 0 Å². The van der Waals surface area contributed by atoms with E-state index in [-0.39, 0.29) is 41.3 Å². The van der Waals surface area contributed by atoms with Crippen LogP contribution in [0.15, 0.2) is 51.9 Å². The third kappa shape index (κ3) is 7.76. The second-order valence-electron chi connectivity index (χ2n) is 7.90. The zero-order valence-corrected chi connectivity index (χ0v) is 21.1. The Morgan fingerprint density at radius 2 is 1.91 bits per heavy atom. The highest BCUT2D eigenvalue weighted by molar-refractivity contribution is 7.89. The third-order valence-corrected chi connectivity index (χ3v) is 6.50. The van der Waals surface area contributed by atoms with E-state index >= 15 is 0 Å². The SMILES string of the molecule is COCCNS(=O)(=O)c1ccc(OCC(=O)Nc2ccc(Cc3noc(C(C)C)n3)cc2)c(Cl)c1. The molecule has 0 aliphatic heterocycles. The Labute approximate surface area is 209 Å². The molecule has 188 valence electrons. The van der Waals surface area contributed by atoms with Crippen LogP contribution in [0.25, 0.3) is 0 Å². The predicted octanol–water partition coefficient (Wildman–Crippen LogP) is 3.38. The second kappa shape index (κ2) is 12.1. The maximum Gasteiger partial charge on any atom is 0.262 e. The van der Waals surface area contributed by atoms with E-state index in [0.717, 1.165) is 5.56 Å². The maximum atomic E-state index is 12.3. The minimum atomic E-state index is -3.73. The van der Waals surface area contributed by atoms with Crippen LogP contribution in [0.4, 0.5) is 5.69 Å². The van der Waals surface area contributed by atoms with E-state index in [9.17, 15) is 13.2 Å². The van der Waals surface area contributed by atoms with Gasteiger partial charge in [-0.1, -0.05) is 42.7 Å². The second-order valence-corrected chi connectivity index (χ2v) is 10.1. The number of amides is 1. The van der Waals surface area contributed by atoms with E-state index in [2.05, 4.69) is 20.2 Å². The van der Waals surface area contributed by atoms with Crippen molar-refractivity contribution in [1.29, 1.82) is 0 Å². The largest absolute Gasteiger partial charge is 0.482 e. The lowest BCUT2D eigenvalue weighted by molar-refractivity contribution is -0.118. The number of carbonyl (C=O) groups excluding carboxylic acids is 1. The molecule has 3 aromatic rings. The Bertz CT molecular complexity index is 1250. The monoisotopic (exact) mass is 522 g/mol. The number of aromatic nitrogens is 2. The molecule has 12 heteroatoms. The van der Waals surface area contributed by atoms with Crippen LogP contribution in [0.2, 0.25) is 5.02 Å². The van der Waals surface area contributed by atoms with Crippen LogP contribution in [-0.4, -0.2) is 51.3 Å². The van der Waals surface area contributed by atoms with E-state index in [4.69, 9.17) is 25.6 Å². The lowest BCUT2D eigenvalue weighted by Gasteiger charge is -2.11. The summed E-state index contributed by atoms with van der Waals surface area (Å²) in [6, 6.07) is 11.3. The van der Waals surface area contributed by atoms with Crippen LogP contribution in [0, 0.1) is 0 Å². The van der Waals surface area contributed by atoms with Gasteiger partial charge in [0.25, 0.3) is 5.91 Å². The number of rotatable bonds is 12. The van der Waals surface area contributed by atoms with Crippen molar-refractivity contribution in [2.24, 2.45) is 0 Å². The number of methoxy groups -OCH3 is 1. The number of ether oxygens (including phenoxy) is 2. The molecule has 0 atom stereocenters. The van der Waals surface area contributed by atoms with Gasteiger partial charge in [-0.25, -0.2) is 13.1 Å². The van der Waals surface area contributed by atoms with E-state index in [0.29, 0.717) is 23.8 Å². The molecule has 1 aromatic heterocycles. The van der Waals surface area contributed by atoms with Gasteiger partial charge in [0.2, 0.25) is 15.9 Å². The van der Waals surface area contributed by atoms with Gasteiger partial charge >= 0.3 is 0 Å². The first-order valence-corrected chi connectivity index (χ1v) is 12.7. The minimum Gasteiger partial charge on any atom is -0.482 e. The van der Waals surface area contributed by atoms with Crippen LogP contribution >= 0.6 is 11.6 Å². The van der Waals surface area contributed by atoms with Crippen LogP contribution in [0.3, 0.4) is 0 Å². The molecule has 0 radical (unpaired) electrons. The van der Waals surface area contributed by atoms with Crippen molar-refractivity contribution in [3.05, 3.63) is 64.8 Å². The highest BCUT2D eigenvalue weighted by Gasteiger charge is 2.16. The lowest BCUT2D eigenvalue weighted by atomic mass is 10.1. The highest BCUT2D eigenvalue weighted by atomic mass is 35.5. The van der Waals surface area contributed by atoms with Crippen LogP contribution in [0.5, 0.6) is 5.75 Å². The Kier molecular flexibility index (Phi) is 9.21. The summed E-state index contributed by atoms with van der Waals surface area (Å²) < 4.78 is 42.4. The fourth-order valence-corrected chi connectivity index (χ4v) is 4.27. The molecule has 10 nitrogen and oxygen atoms in total. The van der Waals surface area contributed by atoms with Crippen LogP contribution in [-0.2, 0) is 26.0 Å². The first-order chi connectivity index (χ1) is 16.7. The van der Waals surface area contributed by atoms with Gasteiger partial charge in [0.05, 0.1) is 16.5 Å². The molecule has 0 saturated heterocycles. The summed E-state index contributed by atoms with van der Waals surface area (Å²) >= 11 is 6.15. The average Bonchev–Trinajstić information content (AvgIpc) is 3.28. The smallest absolute Gasteiger partial charge is 0.262 e. The van der Waals surface area contributed by atoms with Gasteiger partial charge in [0, 0.05) is 31.7 Å². The normalized spacial score (nSPS) is 11.6. The third-order valence-electron chi connectivity index (χ3n) is 4.75. The molecule has 1 heterocycles. The molecule has 1 amide bonds. The number of hydrogen-bond donors (Lipinski definition) is 2. The van der Waals surface area contributed by atoms with E-state index in [1.54, 1.807) is 12.1 Å². The zero-order valence-electron chi connectivity index (χ0n) is 19.6. The summed E-state index contributed by atoms with van der Waals surface area (Å²) in [6.45, 7) is 4.03. The van der Waals surface area contributed by atoms with Gasteiger partial charge in [-0.3, -0.25) is 4.79 Å². The first kappa shape index (κ1) is 26.6. The number of benzene rings is 2. The number of nitrogens with one attached hydrogen (secondary N) is 2. The summed E-state index contributed by atoms with van der Waals surface area (Å²) in [4.78, 5) is 16.6. The van der Waals surface area contributed by atoms with Crippen molar-refractivity contribution in [3.8, 4) is 5.75 Å². The van der Waals surface area contributed by atoms with E-state index in [1.807, 2.05) is 26.0 Å². The summed E-state index contributed by atoms with van der Waals surface area (Å²) in [6.07, 6.45) is 0.514. The van der Waals surface area contributed by atoms with Gasteiger partial charge < -0.3 is 19.3 Å². The Hall–Kier alpha value is -2.99. The molecule has 3 rings (SSSR count). The molecule has 0 unspecified atom stereocenters. The van der Waals surface area contributed by atoms with Crippen LogP contribution < -0.4 is 14.8 Å². The molecule has 0 aliphatic carbocycles. The Morgan fingerprint density at radius 1 is 1.17 bits per heavy atom. The van der Waals surface area contributed by atoms with Gasteiger partial charge in [0.1, 0.15) is 5.75 Å². The van der Waals surface area contributed by atoms with Gasteiger partial charge in [-0.05, 0) is 35.9 Å². The summed E-state index contributed by atoms with van der Waals surface area (Å²) in [5, 5.41) is 6.77. The predicted molar refractivity (Wildman–Crippen MR) is 130 cm³/mol. The van der Waals surface area contributed by atoms with Crippen LogP contribution in [0.1, 0.15) is 37.0 Å². The number of hydrogen-bond acceptors (Lipinski definition) is 8. The fraction of sp³-hybridized carbons (Fsp3) is 0.348. The Morgan fingerprint density at radius 3 is 2.54 bits per heavy atom. The molecule has 2 N–H and O–H groups in total. The molecule has 0 saturated carbocycles. The zero-order chi connectivity index (χ0) is 25.4. The van der Waals surface area contributed by atoms with Crippen molar-refractivity contribution in [2.75, 3.05) is 32.2 Å². The maximum absolute atomic E-state index is 12.3. The molecule has 0 bridgehead atoms. The topological polar surface area (TPSA) is 133 Å². The average molecular weight is 523 g/mol. The molecule has 0 aliphatic rings. The summed E-state index contributed by atoms with van der Waals surface area (Å²) in [7, 11) is -2.26.